The molecule has 0 fully saturated rings. The number of benzene rings is 1. The molecule has 0 aliphatic rings. The van der Waals surface area contributed by atoms with E-state index in [9.17, 15) is 0 Å². The fourth-order valence-electron chi connectivity index (χ4n) is 1.93. The molecule has 98 valence electrons. The van der Waals surface area contributed by atoms with Crippen LogP contribution in [-0.4, -0.2) is 41.1 Å². The third kappa shape index (κ3) is 2.71. The van der Waals surface area contributed by atoms with Crippen LogP contribution in [0.4, 0.5) is 0 Å². The lowest BCUT2D eigenvalue weighted by molar-refractivity contribution is 0.301. The minimum Gasteiger partial charge on any atom is -0.330 e. The average molecular weight is 246 g/mol. The predicted molar refractivity (Wildman–Crippen MR) is 75.6 cm³/mol. The van der Waals surface area contributed by atoms with E-state index < -0.39 is 0 Å². The van der Waals surface area contributed by atoms with Crippen molar-refractivity contribution in [1.29, 1.82) is 0 Å². The van der Waals surface area contributed by atoms with Gasteiger partial charge in [-0.3, -0.25) is 0 Å². The van der Waals surface area contributed by atoms with Crippen molar-refractivity contribution in [3.8, 4) is 0 Å². The van der Waals surface area contributed by atoms with Gasteiger partial charge in [-0.05, 0) is 33.2 Å². The fraction of sp³-hybridized carbons (Fsp3) is 0.500. The van der Waals surface area contributed by atoms with Crippen molar-refractivity contribution < 1.29 is 0 Å². The third-order valence-electron chi connectivity index (χ3n) is 3.48. The number of aryl methyl sites for hydroxylation is 1. The van der Waals surface area contributed by atoms with Crippen LogP contribution in [-0.2, 0) is 13.6 Å². The van der Waals surface area contributed by atoms with Gasteiger partial charge in [0.25, 0.3) is 0 Å². The number of hydrogen-bond donors (Lipinski definition) is 1. The van der Waals surface area contributed by atoms with E-state index in [0.29, 0.717) is 6.04 Å². The quantitative estimate of drug-likeness (QED) is 0.870. The lowest BCUT2D eigenvalue weighted by atomic mass is 10.3. The van der Waals surface area contributed by atoms with Crippen LogP contribution in [0, 0.1) is 0 Å². The summed E-state index contributed by atoms with van der Waals surface area (Å²) in [5.74, 6) is 1.09. The monoisotopic (exact) mass is 246 g/mol. The van der Waals surface area contributed by atoms with Crippen LogP contribution < -0.4 is 5.32 Å². The zero-order chi connectivity index (χ0) is 13.1. The van der Waals surface area contributed by atoms with Gasteiger partial charge in [0.15, 0.2) is 0 Å². The SMILES string of the molecule is CC(CNCc1nc2ccccc2n1C)N(C)C. The summed E-state index contributed by atoms with van der Waals surface area (Å²) in [5.41, 5.74) is 2.26. The van der Waals surface area contributed by atoms with E-state index in [-0.39, 0.29) is 0 Å². The number of aromatic nitrogens is 2. The van der Waals surface area contributed by atoms with E-state index in [2.05, 4.69) is 66.0 Å². The van der Waals surface area contributed by atoms with E-state index in [4.69, 9.17) is 0 Å². The molecule has 1 atom stereocenters. The van der Waals surface area contributed by atoms with Crippen LogP contribution in [0.2, 0.25) is 0 Å². The van der Waals surface area contributed by atoms with Crippen molar-refractivity contribution in [2.45, 2.75) is 19.5 Å². The predicted octanol–water partition coefficient (Wildman–Crippen LogP) is 1.61. The van der Waals surface area contributed by atoms with Gasteiger partial charge in [0.1, 0.15) is 5.82 Å². The third-order valence-corrected chi connectivity index (χ3v) is 3.48. The van der Waals surface area contributed by atoms with E-state index in [0.717, 1.165) is 24.4 Å². The Labute approximate surface area is 109 Å². The lowest BCUT2D eigenvalue weighted by Crippen LogP contribution is -2.35. The van der Waals surface area contributed by atoms with Crippen molar-refractivity contribution >= 4 is 11.0 Å². The second kappa shape index (κ2) is 5.50. The van der Waals surface area contributed by atoms with Gasteiger partial charge < -0.3 is 14.8 Å². The molecule has 0 amide bonds. The molecule has 0 aliphatic carbocycles. The van der Waals surface area contributed by atoms with Gasteiger partial charge >= 0.3 is 0 Å². The molecule has 0 saturated heterocycles. The van der Waals surface area contributed by atoms with Crippen molar-refractivity contribution in [2.24, 2.45) is 7.05 Å². The Morgan fingerprint density at radius 3 is 2.72 bits per heavy atom. The number of imidazole rings is 1. The van der Waals surface area contributed by atoms with Gasteiger partial charge in [-0.25, -0.2) is 4.98 Å². The first kappa shape index (κ1) is 13.1. The number of fused-ring (bicyclic) bond motifs is 1. The van der Waals surface area contributed by atoms with Crippen LogP contribution in [0.25, 0.3) is 11.0 Å². The minimum atomic E-state index is 0.527. The smallest absolute Gasteiger partial charge is 0.123 e. The Morgan fingerprint density at radius 2 is 2.06 bits per heavy atom. The van der Waals surface area contributed by atoms with Crippen molar-refractivity contribution in [1.82, 2.24) is 19.8 Å². The second-order valence-electron chi connectivity index (χ2n) is 5.02. The summed E-state index contributed by atoms with van der Waals surface area (Å²) in [4.78, 5) is 6.85. The van der Waals surface area contributed by atoms with Crippen LogP contribution in [0.5, 0.6) is 0 Å². The molecular formula is C14H22N4. The summed E-state index contributed by atoms with van der Waals surface area (Å²) in [6.45, 7) is 3.99. The summed E-state index contributed by atoms with van der Waals surface area (Å²) in [6.07, 6.45) is 0. The van der Waals surface area contributed by atoms with Gasteiger partial charge in [0, 0.05) is 19.6 Å². The molecule has 1 aromatic heterocycles. The largest absolute Gasteiger partial charge is 0.330 e. The zero-order valence-electron chi connectivity index (χ0n) is 11.6. The molecule has 2 rings (SSSR count). The van der Waals surface area contributed by atoms with E-state index in [1.165, 1.54) is 5.52 Å². The van der Waals surface area contributed by atoms with Gasteiger partial charge in [0.05, 0.1) is 17.6 Å². The normalized spacial score (nSPS) is 13.4. The molecule has 0 radical (unpaired) electrons. The number of likely N-dealkylation sites (N-methyl/N-ethyl adjacent to an activating group) is 1. The Bertz CT molecular complexity index is 515. The topological polar surface area (TPSA) is 33.1 Å². The summed E-state index contributed by atoms with van der Waals surface area (Å²) in [6, 6.07) is 8.77. The highest BCUT2D eigenvalue weighted by molar-refractivity contribution is 5.75. The Hall–Kier alpha value is -1.39. The summed E-state index contributed by atoms with van der Waals surface area (Å²) < 4.78 is 2.16. The Balaban J connectivity index is 2.02. The lowest BCUT2D eigenvalue weighted by Gasteiger charge is -2.19. The molecule has 4 heteroatoms. The van der Waals surface area contributed by atoms with Gasteiger partial charge in [-0.15, -0.1) is 0 Å². The van der Waals surface area contributed by atoms with Crippen LogP contribution in [0.3, 0.4) is 0 Å². The van der Waals surface area contributed by atoms with Gasteiger partial charge in [-0.1, -0.05) is 12.1 Å². The van der Waals surface area contributed by atoms with Crippen LogP contribution >= 0.6 is 0 Å². The van der Waals surface area contributed by atoms with Crippen molar-refractivity contribution in [3.63, 3.8) is 0 Å². The summed E-state index contributed by atoms with van der Waals surface area (Å²) >= 11 is 0. The number of nitrogens with one attached hydrogen (secondary N) is 1. The number of para-hydroxylation sites is 2. The molecule has 1 heterocycles. The Kier molecular flexibility index (Phi) is 3.99. The maximum Gasteiger partial charge on any atom is 0.123 e. The highest BCUT2D eigenvalue weighted by Crippen LogP contribution is 2.13. The zero-order valence-corrected chi connectivity index (χ0v) is 11.6. The van der Waals surface area contributed by atoms with Crippen LogP contribution in [0.1, 0.15) is 12.7 Å². The first-order valence-electron chi connectivity index (χ1n) is 6.37. The van der Waals surface area contributed by atoms with Crippen molar-refractivity contribution in [3.05, 3.63) is 30.1 Å². The maximum absolute atomic E-state index is 4.64. The molecule has 0 saturated carbocycles. The second-order valence-corrected chi connectivity index (χ2v) is 5.02. The molecule has 1 N–H and O–H groups in total. The van der Waals surface area contributed by atoms with Gasteiger partial charge in [-0.2, -0.15) is 0 Å². The summed E-state index contributed by atoms with van der Waals surface area (Å²) in [5, 5.41) is 3.46. The van der Waals surface area contributed by atoms with Crippen molar-refractivity contribution in [2.75, 3.05) is 20.6 Å². The first-order valence-corrected chi connectivity index (χ1v) is 6.37. The first-order chi connectivity index (χ1) is 8.59. The minimum absolute atomic E-state index is 0.527. The standard InChI is InChI=1S/C14H22N4/c1-11(17(2)3)9-15-10-14-16-12-7-5-6-8-13(12)18(14)4/h5-8,11,15H,9-10H2,1-4H3. The molecule has 4 nitrogen and oxygen atoms in total. The molecular weight excluding hydrogens is 224 g/mol. The molecule has 1 unspecified atom stereocenters. The van der Waals surface area contributed by atoms with Crippen LogP contribution in [0.15, 0.2) is 24.3 Å². The molecule has 0 aliphatic heterocycles. The highest BCUT2D eigenvalue weighted by atomic mass is 15.1. The number of nitrogens with zero attached hydrogens (tertiary/aromatic N) is 3. The summed E-state index contributed by atoms with van der Waals surface area (Å²) in [7, 11) is 6.27. The molecule has 2 aromatic rings. The average Bonchev–Trinajstić information content (AvgIpc) is 2.67. The van der Waals surface area contributed by atoms with E-state index >= 15 is 0 Å². The highest BCUT2D eigenvalue weighted by Gasteiger charge is 2.08. The fourth-order valence-corrected chi connectivity index (χ4v) is 1.93. The molecule has 1 aromatic carbocycles. The maximum atomic E-state index is 4.64. The molecule has 0 bridgehead atoms. The van der Waals surface area contributed by atoms with Gasteiger partial charge in [0.2, 0.25) is 0 Å². The van der Waals surface area contributed by atoms with E-state index in [1.54, 1.807) is 0 Å². The molecule has 0 spiro atoms. The number of rotatable bonds is 5. The Morgan fingerprint density at radius 1 is 1.33 bits per heavy atom. The van der Waals surface area contributed by atoms with E-state index in [1.807, 2.05) is 6.07 Å². The molecule has 18 heavy (non-hydrogen) atoms. The number of hydrogen-bond acceptors (Lipinski definition) is 3.